The zero-order valence-electron chi connectivity index (χ0n) is 17.8. The fraction of sp³-hybridized carbons (Fsp3) is 0.318. The Morgan fingerprint density at radius 2 is 2.15 bits per heavy atom. The molecular formula is C22H22FN9O. The van der Waals surface area contributed by atoms with E-state index in [0.29, 0.717) is 42.2 Å². The molecule has 1 amide bonds. The number of aromatic nitrogens is 6. The number of carbonyl (C=O) groups excluding carboxylic acids is 1. The number of fused-ring (bicyclic) bond motifs is 1. The van der Waals surface area contributed by atoms with E-state index in [9.17, 15) is 9.18 Å². The molecule has 0 spiro atoms. The minimum Gasteiger partial charge on any atom is -0.322 e. The van der Waals surface area contributed by atoms with Gasteiger partial charge >= 0.3 is 0 Å². The lowest BCUT2D eigenvalue weighted by Crippen LogP contribution is -2.43. The molecule has 1 saturated carbocycles. The average molecular weight is 447 g/mol. The summed E-state index contributed by atoms with van der Waals surface area (Å²) in [4.78, 5) is 21.4. The van der Waals surface area contributed by atoms with Crippen molar-refractivity contribution in [3.63, 3.8) is 0 Å². The van der Waals surface area contributed by atoms with E-state index in [1.165, 1.54) is 25.1 Å². The number of hydrazine groups is 1. The number of aromatic amines is 1. The molecule has 1 saturated heterocycles. The van der Waals surface area contributed by atoms with Crippen LogP contribution in [-0.2, 0) is 11.2 Å². The summed E-state index contributed by atoms with van der Waals surface area (Å²) in [6, 6.07) is 8.67. The topological polar surface area (TPSA) is 107 Å². The van der Waals surface area contributed by atoms with E-state index in [4.69, 9.17) is 4.98 Å². The number of pyridine rings is 1. The number of nitrogens with zero attached hydrogens (tertiary/aromatic N) is 7. The molecule has 0 aromatic carbocycles. The number of hydrogen-bond acceptors (Lipinski definition) is 7. The number of rotatable bonds is 6. The van der Waals surface area contributed by atoms with Crippen molar-refractivity contribution in [2.24, 2.45) is 0 Å². The van der Waals surface area contributed by atoms with Crippen molar-refractivity contribution in [2.45, 2.75) is 31.6 Å². The molecule has 1 aliphatic heterocycles. The van der Waals surface area contributed by atoms with Crippen LogP contribution in [0.15, 0.2) is 42.7 Å². The van der Waals surface area contributed by atoms with Crippen molar-refractivity contribution in [1.29, 1.82) is 0 Å². The van der Waals surface area contributed by atoms with Crippen molar-refractivity contribution in [3.8, 4) is 0 Å². The number of nitrogens with one attached hydrogen (secondary N) is 2. The number of amides is 1. The Bertz CT molecular complexity index is 1310. The van der Waals surface area contributed by atoms with Gasteiger partial charge in [0.25, 0.3) is 5.95 Å². The molecule has 11 heteroatoms. The Morgan fingerprint density at radius 3 is 2.97 bits per heavy atom. The largest absolute Gasteiger partial charge is 0.322 e. The predicted octanol–water partition coefficient (Wildman–Crippen LogP) is 2.80. The second kappa shape index (κ2) is 7.84. The zero-order valence-corrected chi connectivity index (χ0v) is 17.8. The molecule has 0 unspecified atom stereocenters. The Balaban J connectivity index is 1.27. The van der Waals surface area contributed by atoms with Gasteiger partial charge in [-0.3, -0.25) is 14.9 Å². The maximum absolute atomic E-state index is 13.1. The van der Waals surface area contributed by atoms with Gasteiger partial charge in [-0.1, -0.05) is 6.07 Å². The van der Waals surface area contributed by atoms with Crippen LogP contribution in [0.3, 0.4) is 0 Å². The molecule has 6 rings (SSSR count). The molecule has 5 heterocycles. The molecular weight excluding hydrogens is 425 g/mol. The Morgan fingerprint density at radius 1 is 1.24 bits per heavy atom. The lowest BCUT2D eigenvalue weighted by atomic mass is 10.2. The van der Waals surface area contributed by atoms with Crippen molar-refractivity contribution < 1.29 is 9.18 Å². The first-order valence-electron chi connectivity index (χ1n) is 11.0. The highest BCUT2D eigenvalue weighted by atomic mass is 19.1. The van der Waals surface area contributed by atoms with Gasteiger partial charge in [-0.2, -0.15) is 14.5 Å². The smallest absolute Gasteiger partial charge is 0.264 e. The van der Waals surface area contributed by atoms with Gasteiger partial charge in [-0.05, 0) is 43.0 Å². The molecule has 1 aliphatic carbocycles. The first-order valence-corrected chi connectivity index (χ1v) is 11.0. The molecule has 4 aromatic heterocycles. The third-order valence-electron chi connectivity index (χ3n) is 5.94. The minimum atomic E-state index is -0.566. The maximum atomic E-state index is 13.1. The van der Waals surface area contributed by atoms with E-state index < -0.39 is 5.95 Å². The monoisotopic (exact) mass is 447 g/mol. The van der Waals surface area contributed by atoms with Gasteiger partial charge in [-0.15, -0.1) is 5.10 Å². The Hall–Kier alpha value is -4.02. The van der Waals surface area contributed by atoms with Crippen molar-refractivity contribution in [3.05, 3.63) is 59.9 Å². The van der Waals surface area contributed by atoms with Crippen LogP contribution in [0.25, 0.3) is 5.52 Å². The van der Waals surface area contributed by atoms with Crippen LogP contribution in [0.2, 0.25) is 0 Å². The van der Waals surface area contributed by atoms with E-state index in [-0.39, 0.29) is 12.3 Å². The van der Waals surface area contributed by atoms with Gasteiger partial charge in [0, 0.05) is 43.2 Å². The molecule has 2 aliphatic rings. The van der Waals surface area contributed by atoms with E-state index in [0.717, 1.165) is 17.6 Å². The molecule has 0 atom stereocenters. The van der Waals surface area contributed by atoms with E-state index in [1.54, 1.807) is 20.6 Å². The summed E-state index contributed by atoms with van der Waals surface area (Å²) in [5.41, 5.74) is 2.59. The lowest BCUT2D eigenvalue weighted by Gasteiger charge is -2.28. The lowest BCUT2D eigenvalue weighted by molar-refractivity contribution is -0.130. The first kappa shape index (κ1) is 19.6. The fourth-order valence-corrected chi connectivity index (χ4v) is 4.11. The molecule has 2 N–H and O–H groups in total. The summed E-state index contributed by atoms with van der Waals surface area (Å²) >= 11 is 0. The second-order valence-corrected chi connectivity index (χ2v) is 8.37. The van der Waals surface area contributed by atoms with Crippen LogP contribution in [-0.4, -0.2) is 53.8 Å². The minimum absolute atomic E-state index is 0.118. The summed E-state index contributed by atoms with van der Waals surface area (Å²) < 4.78 is 14.8. The predicted molar refractivity (Wildman–Crippen MR) is 118 cm³/mol. The highest BCUT2D eigenvalue weighted by molar-refractivity contribution is 5.81. The first-order chi connectivity index (χ1) is 16.1. The van der Waals surface area contributed by atoms with E-state index in [1.807, 2.05) is 24.4 Å². The van der Waals surface area contributed by atoms with Gasteiger partial charge in [0.05, 0.1) is 6.42 Å². The third kappa shape index (κ3) is 3.86. The molecule has 4 aromatic rings. The van der Waals surface area contributed by atoms with Crippen molar-refractivity contribution in [1.82, 2.24) is 34.8 Å². The van der Waals surface area contributed by atoms with Crippen molar-refractivity contribution >= 4 is 29.0 Å². The summed E-state index contributed by atoms with van der Waals surface area (Å²) in [5.74, 6) is 1.62. The molecule has 33 heavy (non-hydrogen) atoms. The molecule has 168 valence electrons. The number of hydrogen-bond donors (Lipinski definition) is 2. The maximum Gasteiger partial charge on any atom is 0.264 e. The summed E-state index contributed by atoms with van der Waals surface area (Å²) in [6.45, 7) is 1.18. The number of carbonyl (C=O) groups is 1. The van der Waals surface area contributed by atoms with Crippen LogP contribution < -0.4 is 10.3 Å². The quantitative estimate of drug-likeness (QED) is 0.438. The van der Waals surface area contributed by atoms with Crippen LogP contribution in [0.1, 0.15) is 36.4 Å². The SMILES string of the molecule is O=C(Cc1ccc(F)nc1)N1CCCN1c1nc(Nc2cc(C3CC3)[nH]n2)c2cccn2n1. The van der Waals surface area contributed by atoms with Gasteiger partial charge < -0.3 is 5.32 Å². The van der Waals surface area contributed by atoms with Crippen LogP contribution in [0, 0.1) is 5.95 Å². The molecule has 10 nitrogen and oxygen atoms in total. The molecule has 0 radical (unpaired) electrons. The average Bonchev–Trinajstić information content (AvgIpc) is 3.20. The van der Waals surface area contributed by atoms with Gasteiger partial charge in [-0.25, -0.2) is 14.5 Å². The number of anilines is 3. The fourth-order valence-electron chi connectivity index (χ4n) is 4.11. The molecule has 2 fully saturated rings. The second-order valence-electron chi connectivity index (χ2n) is 8.37. The van der Waals surface area contributed by atoms with Gasteiger partial charge in [0.1, 0.15) is 5.52 Å². The van der Waals surface area contributed by atoms with Gasteiger partial charge in [0.2, 0.25) is 11.9 Å². The van der Waals surface area contributed by atoms with E-state index in [2.05, 4.69) is 25.6 Å². The van der Waals surface area contributed by atoms with Gasteiger partial charge in [0.15, 0.2) is 11.6 Å². The normalized spacial score (nSPS) is 16.0. The van der Waals surface area contributed by atoms with Crippen LogP contribution >= 0.6 is 0 Å². The summed E-state index contributed by atoms with van der Waals surface area (Å²) in [5, 5.41) is 18.8. The summed E-state index contributed by atoms with van der Waals surface area (Å²) in [6.07, 6.45) is 6.53. The Kier molecular flexibility index (Phi) is 4.67. The zero-order chi connectivity index (χ0) is 22.4. The summed E-state index contributed by atoms with van der Waals surface area (Å²) in [7, 11) is 0. The van der Waals surface area contributed by atoms with Crippen molar-refractivity contribution in [2.75, 3.05) is 23.4 Å². The number of halogens is 1. The number of H-pyrrole nitrogens is 1. The Labute approximate surface area is 188 Å². The molecule has 0 bridgehead atoms. The highest BCUT2D eigenvalue weighted by Crippen LogP contribution is 2.39. The third-order valence-corrected chi connectivity index (χ3v) is 5.94. The standard InChI is InChI=1S/C22H22FN9O/c23-18-7-4-14(13-24-18)11-20(33)31-9-2-10-32(31)22-26-21(17-3-1-8-30(17)29-22)25-19-12-16(27-28-19)15-5-6-15/h1,3-4,7-8,12-13,15H,2,5-6,9-11H2,(H2,25,26,27,28,29). The van der Waals surface area contributed by atoms with E-state index >= 15 is 0 Å². The highest BCUT2D eigenvalue weighted by Gasteiger charge is 2.30. The van der Waals surface area contributed by atoms with Crippen LogP contribution in [0.5, 0.6) is 0 Å². The van der Waals surface area contributed by atoms with Crippen LogP contribution in [0.4, 0.5) is 22.0 Å².